The molecular weight excluding hydrogens is 358 g/mol. The summed E-state index contributed by atoms with van der Waals surface area (Å²) in [6.45, 7) is 3.58. The van der Waals surface area contributed by atoms with Crippen molar-refractivity contribution in [3.63, 3.8) is 0 Å². The van der Waals surface area contributed by atoms with E-state index in [2.05, 4.69) is 10.1 Å². The molecule has 1 aromatic heterocycles. The molecule has 2 aromatic carbocycles. The van der Waals surface area contributed by atoms with Crippen LogP contribution in [-0.2, 0) is 4.79 Å². The lowest BCUT2D eigenvalue weighted by atomic mass is 10.1. The molecule has 2 aliphatic heterocycles. The summed E-state index contributed by atoms with van der Waals surface area (Å²) in [7, 11) is 0. The number of aromatic nitrogens is 2. The molecule has 1 amide bonds. The lowest BCUT2D eigenvalue weighted by molar-refractivity contribution is -0.117. The normalized spacial score (nSPS) is 18.5. The zero-order chi connectivity index (χ0) is 19.1. The fraction of sp³-hybridized carbons (Fsp3) is 0.286. The minimum Gasteiger partial charge on any atom is -0.486 e. The number of hydrogen-bond donors (Lipinski definition) is 0. The largest absolute Gasteiger partial charge is 0.486 e. The van der Waals surface area contributed by atoms with E-state index >= 15 is 0 Å². The van der Waals surface area contributed by atoms with Crippen LogP contribution in [0.15, 0.2) is 47.0 Å². The van der Waals surface area contributed by atoms with E-state index in [-0.39, 0.29) is 11.8 Å². The molecule has 0 aliphatic carbocycles. The number of anilines is 1. The highest BCUT2D eigenvalue weighted by atomic mass is 16.6. The second-order valence-electron chi connectivity index (χ2n) is 7.06. The molecule has 1 atom stereocenters. The van der Waals surface area contributed by atoms with E-state index in [1.54, 1.807) is 4.90 Å². The van der Waals surface area contributed by atoms with Crippen molar-refractivity contribution in [3.8, 4) is 23.0 Å². The summed E-state index contributed by atoms with van der Waals surface area (Å²) in [5.41, 5.74) is 2.83. The topological polar surface area (TPSA) is 77.7 Å². The molecule has 7 heteroatoms. The van der Waals surface area contributed by atoms with Crippen LogP contribution in [-0.4, -0.2) is 35.8 Å². The summed E-state index contributed by atoms with van der Waals surface area (Å²) in [6, 6.07) is 13.5. The Morgan fingerprint density at radius 3 is 2.64 bits per heavy atom. The van der Waals surface area contributed by atoms with Gasteiger partial charge in [0, 0.05) is 36.2 Å². The first-order valence-corrected chi connectivity index (χ1v) is 9.28. The highest BCUT2D eigenvalue weighted by Gasteiger charge is 2.35. The Morgan fingerprint density at radius 1 is 1.04 bits per heavy atom. The van der Waals surface area contributed by atoms with Gasteiger partial charge in [-0.25, -0.2) is 0 Å². The molecule has 2 aliphatic rings. The first-order valence-electron chi connectivity index (χ1n) is 9.28. The average molecular weight is 377 g/mol. The number of hydrogen-bond acceptors (Lipinski definition) is 6. The van der Waals surface area contributed by atoms with Gasteiger partial charge in [-0.3, -0.25) is 4.79 Å². The molecule has 0 bridgehead atoms. The highest BCUT2D eigenvalue weighted by molar-refractivity contribution is 5.96. The van der Waals surface area contributed by atoms with Crippen molar-refractivity contribution in [1.82, 2.24) is 10.1 Å². The molecule has 1 saturated heterocycles. The lowest BCUT2D eigenvalue weighted by Crippen LogP contribution is -2.25. The molecule has 0 saturated carbocycles. The van der Waals surface area contributed by atoms with Gasteiger partial charge in [-0.1, -0.05) is 22.9 Å². The summed E-state index contributed by atoms with van der Waals surface area (Å²) in [4.78, 5) is 18.9. The van der Waals surface area contributed by atoms with Gasteiger partial charge >= 0.3 is 0 Å². The standard InChI is InChI=1S/C21H19N3O4/c1-13-2-4-14(5-3-13)21-22-20(23-28-21)15-10-19(25)24(12-15)16-6-7-17-18(11-16)27-9-8-26-17/h2-7,11,15H,8-10,12H2,1H3. The SMILES string of the molecule is Cc1ccc(-c2nc(C3CC(=O)N(c4ccc5c(c4)OCCO5)C3)no2)cc1. The van der Waals surface area contributed by atoms with Crippen LogP contribution in [0, 0.1) is 6.92 Å². The number of nitrogens with zero attached hydrogens (tertiary/aromatic N) is 3. The number of ether oxygens (including phenoxy) is 2. The Balaban J connectivity index is 1.36. The average Bonchev–Trinajstić information content (AvgIpc) is 3.35. The van der Waals surface area contributed by atoms with E-state index in [0.717, 1.165) is 11.3 Å². The van der Waals surface area contributed by atoms with Crippen molar-refractivity contribution >= 4 is 11.6 Å². The molecule has 28 heavy (non-hydrogen) atoms. The monoisotopic (exact) mass is 377 g/mol. The molecule has 1 unspecified atom stereocenters. The van der Waals surface area contributed by atoms with Crippen LogP contribution in [0.2, 0.25) is 0 Å². The van der Waals surface area contributed by atoms with Crippen LogP contribution in [0.5, 0.6) is 11.5 Å². The Hall–Kier alpha value is -3.35. The van der Waals surface area contributed by atoms with E-state index in [1.165, 1.54) is 5.56 Å². The van der Waals surface area contributed by atoms with Crippen LogP contribution in [0.1, 0.15) is 23.7 Å². The summed E-state index contributed by atoms with van der Waals surface area (Å²) < 4.78 is 16.6. The first-order chi connectivity index (χ1) is 13.7. The fourth-order valence-corrected chi connectivity index (χ4v) is 3.54. The minimum atomic E-state index is -0.108. The Labute approximate surface area is 161 Å². The van der Waals surface area contributed by atoms with Gasteiger partial charge in [-0.2, -0.15) is 4.98 Å². The maximum absolute atomic E-state index is 12.6. The second kappa shape index (κ2) is 6.67. The predicted molar refractivity (Wildman–Crippen MR) is 102 cm³/mol. The third kappa shape index (κ3) is 2.98. The van der Waals surface area contributed by atoms with Crippen LogP contribution < -0.4 is 14.4 Å². The third-order valence-corrected chi connectivity index (χ3v) is 5.07. The lowest BCUT2D eigenvalue weighted by Gasteiger charge is -2.22. The number of rotatable bonds is 3. The molecule has 0 N–H and O–H groups in total. The molecule has 3 heterocycles. The molecule has 1 fully saturated rings. The number of aryl methyl sites for hydroxylation is 1. The van der Waals surface area contributed by atoms with Gasteiger partial charge in [-0.05, 0) is 31.2 Å². The fourth-order valence-electron chi connectivity index (χ4n) is 3.54. The van der Waals surface area contributed by atoms with Gasteiger partial charge in [0.2, 0.25) is 5.91 Å². The van der Waals surface area contributed by atoms with Crippen molar-refractivity contribution < 1.29 is 18.8 Å². The van der Waals surface area contributed by atoms with Gasteiger partial charge in [0.05, 0.1) is 0 Å². The quantitative estimate of drug-likeness (QED) is 0.697. The molecular formula is C21H19N3O4. The van der Waals surface area contributed by atoms with Gasteiger partial charge in [0.15, 0.2) is 17.3 Å². The van der Waals surface area contributed by atoms with Gasteiger partial charge in [0.25, 0.3) is 5.89 Å². The molecule has 0 spiro atoms. The Bertz CT molecular complexity index is 1030. The van der Waals surface area contributed by atoms with Crippen LogP contribution in [0.4, 0.5) is 5.69 Å². The summed E-state index contributed by atoms with van der Waals surface area (Å²) >= 11 is 0. The van der Waals surface area contributed by atoms with E-state index in [0.29, 0.717) is 49.4 Å². The third-order valence-electron chi connectivity index (χ3n) is 5.07. The van der Waals surface area contributed by atoms with E-state index in [9.17, 15) is 4.79 Å². The summed E-state index contributed by atoms with van der Waals surface area (Å²) in [5, 5.41) is 4.12. The number of fused-ring (bicyclic) bond motifs is 1. The zero-order valence-corrected chi connectivity index (χ0v) is 15.4. The molecule has 5 rings (SSSR count). The number of benzene rings is 2. The van der Waals surface area contributed by atoms with E-state index < -0.39 is 0 Å². The molecule has 142 valence electrons. The maximum Gasteiger partial charge on any atom is 0.257 e. The number of carbonyl (C=O) groups is 1. The summed E-state index contributed by atoms with van der Waals surface area (Å²) in [6.07, 6.45) is 0.349. The molecule has 3 aromatic rings. The number of carbonyl (C=O) groups excluding carboxylic acids is 1. The minimum absolute atomic E-state index is 0.0309. The van der Waals surface area contributed by atoms with Crippen molar-refractivity contribution in [2.45, 2.75) is 19.3 Å². The van der Waals surface area contributed by atoms with Crippen LogP contribution in [0.25, 0.3) is 11.5 Å². The van der Waals surface area contributed by atoms with E-state index in [4.69, 9.17) is 14.0 Å². The smallest absolute Gasteiger partial charge is 0.257 e. The van der Waals surface area contributed by atoms with Crippen LogP contribution in [0.3, 0.4) is 0 Å². The summed E-state index contributed by atoms with van der Waals surface area (Å²) in [5.74, 6) is 2.33. The highest BCUT2D eigenvalue weighted by Crippen LogP contribution is 2.37. The first kappa shape index (κ1) is 16.8. The van der Waals surface area contributed by atoms with Crippen molar-refractivity contribution in [1.29, 1.82) is 0 Å². The maximum atomic E-state index is 12.6. The zero-order valence-electron chi connectivity index (χ0n) is 15.4. The van der Waals surface area contributed by atoms with Crippen molar-refractivity contribution in [3.05, 3.63) is 53.9 Å². The van der Waals surface area contributed by atoms with Crippen molar-refractivity contribution in [2.24, 2.45) is 0 Å². The molecule has 7 nitrogen and oxygen atoms in total. The number of amides is 1. The van der Waals surface area contributed by atoms with E-state index in [1.807, 2.05) is 49.4 Å². The van der Waals surface area contributed by atoms with Gasteiger partial charge in [-0.15, -0.1) is 0 Å². The molecule has 0 radical (unpaired) electrons. The second-order valence-corrected chi connectivity index (χ2v) is 7.06. The van der Waals surface area contributed by atoms with Crippen LogP contribution >= 0.6 is 0 Å². The van der Waals surface area contributed by atoms with Crippen molar-refractivity contribution in [2.75, 3.05) is 24.7 Å². The Kier molecular flexibility index (Phi) is 4.00. The van der Waals surface area contributed by atoms with Gasteiger partial charge < -0.3 is 18.9 Å². The Morgan fingerprint density at radius 2 is 1.82 bits per heavy atom. The predicted octanol–water partition coefficient (Wildman–Crippen LogP) is 3.34. The van der Waals surface area contributed by atoms with Gasteiger partial charge in [0.1, 0.15) is 13.2 Å².